The molecule has 1 rings (SSSR count). The standard InChI is InChI=1S/C13H27N3O.2ClH/c1-3-16(4-2)11-6-5-9-15-13(17)12-8-7-10-14-12;;/h12,14H,3-11H2,1-2H3,(H,15,17);2*1H/t12-;;/m0../s1. The van der Waals surface area contributed by atoms with Gasteiger partial charge in [0.2, 0.25) is 5.91 Å². The zero-order valence-corrected chi connectivity index (χ0v) is 13.7. The first-order valence-corrected chi connectivity index (χ1v) is 7.01. The number of carbonyl (C=O) groups excluding carboxylic acids is 1. The van der Waals surface area contributed by atoms with Crippen LogP contribution >= 0.6 is 24.8 Å². The van der Waals surface area contributed by atoms with Crippen molar-refractivity contribution < 1.29 is 4.79 Å². The molecule has 116 valence electrons. The highest BCUT2D eigenvalue weighted by molar-refractivity contribution is 5.85. The predicted molar refractivity (Wildman–Crippen MR) is 85.6 cm³/mol. The first kappa shape index (κ1) is 21.3. The fraction of sp³-hybridized carbons (Fsp3) is 0.923. The Kier molecular flexibility index (Phi) is 14.5. The highest BCUT2D eigenvalue weighted by Crippen LogP contribution is 2.04. The third-order valence-electron chi connectivity index (χ3n) is 3.47. The van der Waals surface area contributed by atoms with Crippen molar-refractivity contribution in [2.24, 2.45) is 0 Å². The minimum Gasteiger partial charge on any atom is -0.355 e. The van der Waals surface area contributed by atoms with Crippen LogP contribution in [-0.2, 0) is 4.79 Å². The molecule has 1 heterocycles. The van der Waals surface area contributed by atoms with E-state index in [2.05, 4.69) is 29.4 Å². The molecule has 4 nitrogen and oxygen atoms in total. The fourth-order valence-corrected chi connectivity index (χ4v) is 2.24. The van der Waals surface area contributed by atoms with Crippen LogP contribution in [0, 0.1) is 0 Å². The Hall–Kier alpha value is -0.0300. The van der Waals surface area contributed by atoms with Gasteiger partial charge in [0.1, 0.15) is 0 Å². The zero-order chi connectivity index (χ0) is 12.5. The minimum atomic E-state index is 0. The smallest absolute Gasteiger partial charge is 0.237 e. The lowest BCUT2D eigenvalue weighted by atomic mass is 10.2. The number of halogens is 2. The van der Waals surface area contributed by atoms with E-state index in [4.69, 9.17) is 0 Å². The molecule has 0 aromatic carbocycles. The fourth-order valence-electron chi connectivity index (χ4n) is 2.24. The van der Waals surface area contributed by atoms with Crippen molar-refractivity contribution in [3.05, 3.63) is 0 Å². The summed E-state index contributed by atoms with van der Waals surface area (Å²) in [7, 11) is 0. The zero-order valence-electron chi connectivity index (χ0n) is 12.1. The molecule has 0 aliphatic carbocycles. The summed E-state index contributed by atoms with van der Waals surface area (Å²) < 4.78 is 0. The van der Waals surface area contributed by atoms with E-state index in [1.807, 2.05) is 0 Å². The maximum Gasteiger partial charge on any atom is 0.237 e. The molecule has 0 spiro atoms. The second-order valence-electron chi connectivity index (χ2n) is 4.67. The molecule has 0 radical (unpaired) electrons. The Morgan fingerprint density at radius 1 is 1.26 bits per heavy atom. The highest BCUT2D eigenvalue weighted by atomic mass is 35.5. The minimum absolute atomic E-state index is 0. The summed E-state index contributed by atoms with van der Waals surface area (Å²) in [5, 5.41) is 6.23. The number of carbonyl (C=O) groups is 1. The SMILES string of the molecule is CCN(CC)CCCCNC(=O)[C@@H]1CCCN1.Cl.Cl. The van der Waals surface area contributed by atoms with Gasteiger partial charge in [-0.1, -0.05) is 13.8 Å². The second-order valence-corrected chi connectivity index (χ2v) is 4.67. The monoisotopic (exact) mass is 313 g/mol. The van der Waals surface area contributed by atoms with Crippen molar-refractivity contribution in [1.29, 1.82) is 0 Å². The Balaban J connectivity index is 0. The van der Waals surface area contributed by atoms with Crippen molar-refractivity contribution >= 4 is 30.7 Å². The molecule has 0 aromatic heterocycles. The third kappa shape index (κ3) is 8.69. The van der Waals surface area contributed by atoms with Crippen LogP contribution in [0.1, 0.15) is 39.5 Å². The molecule has 2 N–H and O–H groups in total. The summed E-state index contributed by atoms with van der Waals surface area (Å²) in [5.74, 6) is 0.185. The van der Waals surface area contributed by atoms with E-state index < -0.39 is 0 Å². The van der Waals surface area contributed by atoms with Gasteiger partial charge in [-0.3, -0.25) is 4.79 Å². The number of amides is 1. The van der Waals surface area contributed by atoms with Crippen molar-refractivity contribution in [2.45, 2.75) is 45.6 Å². The number of hydrogen-bond acceptors (Lipinski definition) is 3. The van der Waals surface area contributed by atoms with Crippen LogP contribution in [-0.4, -0.2) is 49.6 Å². The molecule has 0 saturated carbocycles. The molecule has 1 aliphatic rings. The van der Waals surface area contributed by atoms with Crippen LogP contribution in [0.5, 0.6) is 0 Å². The average Bonchev–Trinajstić information content (AvgIpc) is 2.87. The van der Waals surface area contributed by atoms with E-state index in [1.165, 1.54) is 6.42 Å². The Morgan fingerprint density at radius 3 is 2.47 bits per heavy atom. The average molecular weight is 314 g/mol. The molecule has 1 amide bonds. The molecule has 6 heteroatoms. The quantitative estimate of drug-likeness (QED) is 0.672. The normalized spacial score (nSPS) is 17.7. The predicted octanol–water partition coefficient (Wildman–Crippen LogP) is 1.82. The highest BCUT2D eigenvalue weighted by Gasteiger charge is 2.20. The number of hydrogen-bond donors (Lipinski definition) is 2. The van der Waals surface area contributed by atoms with Gasteiger partial charge in [0.05, 0.1) is 6.04 Å². The van der Waals surface area contributed by atoms with Gasteiger partial charge in [0.15, 0.2) is 0 Å². The van der Waals surface area contributed by atoms with Gasteiger partial charge in [-0.25, -0.2) is 0 Å². The molecule has 1 atom stereocenters. The number of unbranched alkanes of at least 4 members (excludes halogenated alkanes) is 1. The molecule has 0 unspecified atom stereocenters. The number of rotatable bonds is 8. The van der Waals surface area contributed by atoms with Crippen LogP contribution in [0.3, 0.4) is 0 Å². The maximum absolute atomic E-state index is 11.7. The number of nitrogens with one attached hydrogen (secondary N) is 2. The largest absolute Gasteiger partial charge is 0.355 e. The van der Waals surface area contributed by atoms with Gasteiger partial charge in [-0.2, -0.15) is 0 Å². The molecule has 0 aromatic rings. The lowest BCUT2D eigenvalue weighted by molar-refractivity contribution is -0.122. The molecule has 19 heavy (non-hydrogen) atoms. The first-order valence-electron chi connectivity index (χ1n) is 7.01. The lowest BCUT2D eigenvalue weighted by Gasteiger charge is -2.17. The topological polar surface area (TPSA) is 44.4 Å². The van der Waals surface area contributed by atoms with E-state index in [9.17, 15) is 4.79 Å². The van der Waals surface area contributed by atoms with Crippen LogP contribution in [0.4, 0.5) is 0 Å². The van der Waals surface area contributed by atoms with Crippen LogP contribution < -0.4 is 10.6 Å². The molecule has 0 bridgehead atoms. The number of nitrogens with zero attached hydrogens (tertiary/aromatic N) is 1. The van der Waals surface area contributed by atoms with Gasteiger partial charge in [0.25, 0.3) is 0 Å². The van der Waals surface area contributed by atoms with Crippen LogP contribution in [0.2, 0.25) is 0 Å². The van der Waals surface area contributed by atoms with E-state index >= 15 is 0 Å². The summed E-state index contributed by atoms with van der Waals surface area (Å²) in [5.41, 5.74) is 0. The Labute approximate surface area is 129 Å². The summed E-state index contributed by atoms with van der Waals surface area (Å²) in [6.07, 6.45) is 4.36. The summed E-state index contributed by atoms with van der Waals surface area (Å²) in [6.45, 7) is 9.57. The molecular formula is C13H29Cl2N3O. The van der Waals surface area contributed by atoms with Crippen molar-refractivity contribution in [3.8, 4) is 0 Å². The van der Waals surface area contributed by atoms with E-state index in [0.717, 1.165) is 52.0 Å². The van der Waals surface area contributed by atoms with E-state index in [1.54, 1.807) is 0 Å². The Bertz CT molecular complexity index is 220. The van der Waals surface area contributed by atoms with Crippen LogP contribution in [0.15, 0.2) is 0 Å². The van der Waals surface area contributed by atoms with Gasteiger partial charge in [0, 0.05) is 6.54 Å². The lowest BCUT2D eigenvalue weighted by Crippen LogP contribution is -2.40. The second kappa shape index (κ2) is 13.0. The molecule has 1 saturated heterocycles. The summed E-state index contributed by atoms with van der Waals surface area (Å²) >= 11 is 0. The summed E-state index contributed by atoms with van der Waals surface area (Å²) in [6, 6.07) is 0.0674. The summed E-state index contributed by atoms with van der Waals surface area (Å²) in [4.78, 5) is 14.1. The van der Waals surface area contributed by atoms with Crippen LogP contribution in [0.25, 0.3) is 0 Å². The van der Waals surface area contributed by atoms with Gasteiger partial charge in [-0.05, 0) is 51.9 Å². The van der Waals surface area contributed by atoms with Crippen molar-refractivity contribution in [3.63, 3.8) is 0 Å². The maximum atomic E-state index is 11.7. The molecule has 1 fully saturated rings. The first-order chi connectivity index (χ1) is 8.27. The van der Waals surface area contributed by atoms with Gasteiger partial charge < -0.3 is 15.5 Å². The van der Waals surface area contributed by atoms with Gasteiger partial charge in [-0.15, -0.1) is 24.8 Å². The van der Waals surface area contributed by atoms with Gasteiger partial charge >= 0.3 is 0 Å². The van der Waals surface area contributed by atoms with E-state index in [-0.39, 0.29) is 36.8 Å². The Morgan fingerprint density at radius 2 is 1.95 bits per heavy atom. The molecular weight excluding hydrogens is 285 g/mol. The van der Waals surface area contributed by atoms with Crippen molar-refractivity contribution in [1.82, 2.24) is 15.5 Å². The molecule has 1 aliphatic heterocycles. The third-order valence-corrected chi connectivity index (χ3v) is 3.47. The van der Waals surface area contributed by atoms with Crippen molar-refractivity contribution in [2.75, 3.05) is 32.7 Å². The van der Waals surface area contributed by atoms with E-state index in [0.29, 0.717) is 0 Å².